The normalized spacial score (nSPS) is 19.4. The molecule has 0 bridgehead atoms. The topological polar surface area (TPSA) is 105 Å². The van der Waals surface area contributed by atoms with Crippen LogP contribution in [0.2, 0.25) is 0 Å². The molecule has 1 saturated carbocycles. The third kappa shape index (κ3) is 5.18. The van der Waals surface area contributed by atoms with E-state index in [-0.39, 0.29) is 36.2 Å². The highest BCUT2D eigenvalue weighted by atomic mass is 16.5. The second kappa shape index (κ2) is 9.65. The van der Waals surface area contributed by atoms with Gasteiger partial charge in [0.1, 0.15) is 12.6 Å². The fourth-order valence-corrected chi connectivity index (χ4v) is 4.62. The van der Waals surface area contributed by atoms with Crippen LogP contribution in [-0.2, 0) is 14.3 Å². The quantitative estimate of drug-likeness (QED) is 0.539. The van der Waals surface area contributed by atoms with Crippen LogP contribution in [0.15, 0.2) is 48.5 Å². The third-order valence-electron chi connectivity index (χ3n) is 6.44. The number of aliphatic carboxylic acids is 1. The molecule has 0 heterocycles. The first-order valence-electron chi connectivity index (χ1n) is 11.5. The lowest BCUT2D eigenvalue weighted by atomic mass is 9.98. The van der Waals surface area contributed by atoms with Crippen LogP contribution in [-0.4, -0.2) is 42.3 Å². The van der Waals surface area contributed by atoms with E-state index in [1.807, 2.05) is 38.1 Å². The van der Waals surface area contributed by atoms with Crippen LogP contribution in [0.1, 0.15) is 43.7 Å². The van der Waals surface area contributed by atoms with Crippen molar-refractivity contribution >= 4 is 18.0 Å². The first-order valence-corrected chi connectivity index (χ1v) is 11.5. The van der Waals surface area contributed by atoms with Crippen LogP contribution in [0.4, 0.5) is 4.79 Å². The van der Waals surface area contributed by atoms with Gasteiger partial charge < -0.3 is 20.5 Å². The fourth-order valence-electron chi connectivity index (χ4n) is 4.62. The zero-order valence-corrected chi connectivity index (χ0v) is 18.9. The number of amides is 2. The SMILES string of the molecule is CC(C)C[C@H](NC(=O)OCC1c2ccccc2-c2ccccc21)C(=O)NC[C@@H]1C[C@@H]1C(=O)O. The number of alkyl carbamates (subject to hydrolysis) is 1. The summed E-state index contributed by atoms with van der Waals surface area (Å²) in [7, 11) is 0. The summed E-state index contributed by atoms with van der Waals surface area (Å²) >= 11 is 0. The molecule has 2 aromatic rings. The molecule has 0 radical (unpaired) electrons. The minimum Gasteiger partial charge on any atom is -0.481 e. The van der Waals surface area contributed by atoms with Gasteiger partial charge in [0, 0.05) is 12.5 Å². The van der Waals surface area contributed by atoms with E-state index in [0.717, 1.165) is 22.3 Å². The van der Waals surface area contributed by atoms with Gasteiger partial charge in [-0.05, 0) is 46.9 Å². The summed E-state index contributed by atoms with van der Waals surface area (Å²) in [6.07, 6.45) is 0.403. The zero-order valence-electron chi connectivity index (χ0n) is 18.9. The number of nitrogens with one attached hydrogen (secondary N) is 2. The molecule has 0 unspecified atom stereocenters. The summed E-state index contributed by atoms with van der Waals surface area (Å²) in [6, 6.07) is 15.5. The Kier molecular flexibility index (Phi) is 6.67. The van der Waals surface area contributed by atoms with Gasteiger partial charge in [-0.1, -0.05) is 62.4 Å². The second-order valence-electron chi connectivity index (χ2n) is 9.34. The summed E-state index contributed by atoms with van der Waals surface area (Å²) < 4.78 is 5.58. The van der Waals surface area contributed by atoms with Crippen molar-refractivity contribution in [2.45, 2.75) is 38.6 Å². The lowest BCUT2D eigenvalue weighted by Gasteiger charge is -2.21. The molecule has 33 heavy (non-hydrogen) atoms. The van der Waals surface area contributed by atoms with E-state index in [1.165, 1.54) is 0 Å². The number of carboxylic acids is 1. The van der Waals surface area contributed by atoms with Gasteiger partial charge in [0.25, 0.3) is 0 Å². The summed E-state index contributed by atoms with van der Waals surface area (Å²) in [6.45, 7) is 4.43. The number of rotatable bonds is 9. The molecular formula is C26H30N2O5. The van der Waals surface area contributed by atoms with Crippen molar-refractivity contribution < 1.29 is 24.2 Å². The summed E-state index contributed by atoms with van der Waals surface area (Å²) in [5, 5.41) is 14.5. The van der Waals surface area contributed by atoms with Gasteiger partial charge >= 0.3 is 12.1 Å². The molecule has 2 amide bonds. The number of carbonyl (C=O) groups excluding carboxylic acids is 2. The van der Waals surface area contributed by atoms with Crippen LogP contribution < -0.4 is 10.6 Å². The Morgan fingerprint density at radius 3 is 2.18 bits per heavy atom. The van der Waals surface area contributed by atoms with Gasteiger partial charge in [0.15, 0.2) is 0 Å². The van der Waals surface area contributed by atoms with Crippen LogP contribution in [0.3, 0.4) is 0 Å². The van der Waals surface area contributed by atoms with E-state index in [0.29, 0.717) is 19.4 Å². The van der Waals surface area contributed by atoms with E-state index in [9.17, 15) is 14.4 Å². The summed E-state index contributed by atoms with van der Waals surface area (Å²) in [5.74, 6) is -1.44. The van der Waals surface area contributed by atoms with E-state index in [2.05, 4.69) is 34.9 Å². The largest absolute Gasteiger partial charge is 0.481 e. The minimum atomic E-state index is -0.829. The van der Waals surface area contributed by atoms with Crippen LogP contribution in [0, 0.1) is 17.8 Å². The Morgan fingerprint density at radius 2 is 1.64 bits per heavy atom. The molecule has 2 aliphatic rings. The Labute approximate surface area is 193 Å². The molecule has 3 N–H and O–H groups in total. The molecule has 0 aliphatic heterocycles. The van der Waals surface area contributed by atoms with Crippen LogP contribution >= 0.6 is 0 Å². The predicted molar refractivity (Wildman–Crippen MR) is 124 cm³/mol. The molecule has 4 rings (SSSR count). The standard InChI is InChI=1S/C26H30N2O5/c1-15(2)11-23(24(29)27-13-16-12-21(16)25(30)31)28-26(32)33-14-22-19-9-5-3-7-17(19)18-8-4-6-10-20(18)22/h3-10,15-16,21-23H,11-14H2,1-2H3,(H,27,29)(H,28,32)(H,30,31)/t16-,21-,23-/m0/s1. The van der Waals surface area contributed by atoms with Gasteiger partial charge in [-0.15, -0.1) is 0 Å². The van der Waals surface area contributed by atoms with Crippen molar-refractivity contribution in [3.05, 3.63) is 59.7 Å². The number of benzene rings is 2. The monoisotopic (exact) mass is 450 g/mol. The van der Waals surface area contributed by atoms with Gasteiger partial charge in [-0.3, -0.25) is 9.59 Å². The molecule has 0 spiro atoms. The second-order valence-corrected chi connectivity index (χ2v) is 9.34. The van der Waals surface area contributed by atoms with Crippen LogP contribution in [0.25, 0.3) is 11.1 Å². The van der Waals surface area contributed by atoms with Gasteiger partial charge in [-0.25, -0.2) is 4.79 Å². The first kappa shape index (κ1) is 22.8. The molecule has 0 saturated heterocycles. The third-order valence-corrected chi connectivity index (χ3v) is 6.44. The molecule has 2 aromatic carbocycles. The smallest absolute Gasteiger partial charge is 0.407 e. The van der Waals surface area contributed by atoms with E-state index >= 15 is 0 Å². The number of hydrogen-bond donors (Lipinski definition) is 3. The van der Waals surface area contributed by atoms with E-state index < -0.39 is 18.1 Å². The molecule has 174 valence electrons. The van der Waals surface area contributed by atoms with Crippen LogP contribution in [0.5, 0.6) is 0 Å². The molecule has 2 aliphatic carbocycles. The molecule has 0 aromatic heterocycles. The van der Waals surface area contributed by atoms with Crippen molar-refractivity contribution in [1.29, 1.82) is 0 Å². The number of carbonyl (C=O) groups is 3. The molecular weight excluding hydrogens is 420 g/mol. The molecule has 7 heteroatoms. The van der Waals surface area contributed by atoms with Crippen molar-refractivity contribution in [2.75, 3.05) is 13.2 Å². The number of carboxylic acid groups (broad SMARTS) is 1. The fraction of sp³-hybridized carbons (Fsp3) is 0.423. The Hall–Kier alpha value is -3.35. The van der Waals surface area contributed by atoms with Gasteiger partial charge in [0.05, 0.1) is 5.92 Å². The highest BCUT2D eigenvalue weighted by Crippen LogP contribution is 2.44. The maximum Gasteiger partial charge on any atom is 0.407 e. The predicted octanol–water partition coefficient (Wildman–Crippen LogP) is 3.78. The molecule has 1 fully saturated rings. The van der Waals surface area contributed by atoms with Gasteiger partial charge in [-0.2, -0.15) is 0 Å². The van der Waals surface area contributed by atoms with Crippen molar-refractivity contribution in [1.82, 2.24) is 10.6 Å². The van der Waals surface area contributed by atoms with E-state index in [4.69, 9.17) is 9.84 Å². The highest BCUT2D eigenvalue weighted by Gasteiger charge is 2.43. The first-order chi connectivity index (χ1) is 15.8. The summed E-state index contributed by atoms with van der Waals surface area (Å²) in [5.41, 5.74) is 4.55. The molecule has 7 nitrogen and oxygen atoms in total. The number of ether oxygens (including phenoxy) is 1. The highest BCUT2D eigenvalue weighted by molar-refractivity contribution is 5.86. The Morgan fingerprint density at radius 1 is 1.03 bits per heavy atom. The lowest BCUT2D eigenvalue weighted by molar-refractivity contribution is -0.139. The average Bonchev–Trinajstić information content (AvgIpc) is 3.51. The van der Waals surface area contributed by atoms with Crippen molar-refractivity contribution in [3.63, 3.8) is 0 Å². The number of hydrogen-bond acceptors (Lipinski definition) is 4. The maximum absolute atomic E-state index is 12.7. The van der Waals surface area contributed by atoms with E-state index in [1.54, 1.807) is 0 Å². The average molecular weight is 451 g/mol. The minimum absolute atomic E-state index is 0.0411. The van der Waals surface area contributed by atoms with Crippen molar-refractivity contribution in [3.8, 4) is 11.1 Å². The number of fused-ring (bicyclic) bond motifs is 3. The Balaban J connectivity index is 1.35. The Bertz CT molecular complexity index is 1000. The molecule has 3 atom stereocenters. The van der Waals surface area contributed by atoms with Gasteiger partial charge in [0.2, 0.25) is 5.91 Å². The van der Waals surface area contributed by atoms with Crippen molar-refractivity contribution in [2.24, 2.45) is 17.8 Å². The maximum atomic E-state index is 12.7. The summed E-state index contributed by atoms with van der Waals surface area (Å²) in [4.78, 5) is 36.3. The lowest BCUT2D eigenvalue weighted by Crippen LogP contribution is -2.48. The zero-order chi connectivity index (χ0) is 23.5.